The molecule has 0 aromatic carbocycles. The molecule has 0 radical (unpaired) electrons. The van der Waals surface area contributed by atoms with Crippen molar-refractivity contribution >= 4 is 15.8 Å². The first-order chi connectivity index (χ1) is 4.91. The van der Waals surface area contributed by atoms with E-state index in [-0.39, 0.29) is 11.7 Å². The molecule has 0 saturated carbocycles. The molecule has 11 heavy (non-hydrogen) atoms. The summed E-state index contributed by atoms with van der Waals surface area (Å²) in [5.74, 6) is 0.00891. The highest BCUT2D eigenvalue weighted by molar-refractivity contribution is 7.88. The molecular weight excluding hydrogens is 166 g/mol. The van der Waals surface area contributed by atoms with Gasteiger partial charge in [-0.25, -0.2) is 12.7 Å². The molecule has 5 heteroatoms. The molecule has 1 heterocycles. The molecule has 0 spiro atoms. The van der Waals surface area contributed by atoms with Gasteiger partial charge in [0.15, 0.2) is 0 Å². The van der Waals surface area contributed by atoms with Gasteiger partial charge in [0.1, 0.15) is 5.78 Å². The first kappa shape index (κ1) is 8.67. The van der Waals surface area contributed by atoms with Crippen molar-refractivity contribution in [2.75, 3.05) is 19.3 Å². The summed E-state index contributed by atoms with van der Waals surface area (Å²) >= 11 is 0. The summed E-state index contributed by atoms with van der Waals surface area (Å²) in [6.07, 6.45) is 1.16. The summed E-state index contributed by atoms with van der Waals surface area (Å²) in [6.45, 7) is 2.23. The van der Waals surface area contributed by atoms with E-state index in [0.29, 0.717) is 13.1 Å². The average molecular weight is 177 g/mol. The second-order valence-electron chi connectivity index (χ2n) is 2.89. The molecule has 0 atom stereocenters. The molecule has 0 amide bonds. The zero-order valence-electron chi connectivity index (χ0n) is 6.57. The van der Waals surface area contributed by atoms with E-state index in [0.717, 1.165) is 6.26 Å². The number of sulfonamides is 1. The van der Waals surface area contributed by atoms with Crippen LogP contribution in [0.2, 0.25) is 0 Å². The topological polar surface area (TPSA) is 54.5 Å². The first-order valence-electron chi connectivity index (χ1n) is 3.37. The van der Waals surface area contributed by atoms with Crippen molar-refractivity contribution in [1.29, 1.82) is 0 Å². The number of hydrogen-bond donors (Lipinski definition) is 0. The van der Waals surface area contributed by atoms with Crippen molar-refractivity contribution in [3.63, 3.8) is 0 Å². The van der Waals surface area contributed by atoms with Crippen LogP contribution in [0.25, 0.3) is 0 Å². The maximum absolute atomic E-state index is 10.8. The van der Waals surface area contributed by atoms with Gasteiger partial charge in [-0.1, -0.05) is 0 Å². The van der Waals surface area contributed by atoms with Gasteiger partial charge in [-0.3, -0.25) is 4.79 Å². The molecule has 1 fully saturated rings. The number of Topliss-reactive ketones (excluding diaryl/α,β-unsaturated/α-hetero) is 1. The maximum atomic E-state index is 10.8. The molecule has 1 rings (SSSR count). The largest absolute Gasteiger partial charge is 0.300 e. The highest BCUT2D eigenvalue weighted by atomic mass is 32.2. The Morgan fingerprint density at radius 3 is 2.18 bits per heavy atom. The monoisotopic (exact) mass is 177 g/mol. The Morgan fingerprint density at radius 1 is 1.45 bits per heavy atom. The van der Waals surface area contributed by atoms with Crippen molar-refractivity contribution in [1.82, 2.24) is 4.31 Å². The smallest absolute Gasteiger partial charge is 0.211 e. The lowest BCUT2D eigenvalue weighted by Crippen LogP contribution is -2.51. The van der Waals surface area contributed by atoms with Crippen molar-refractivity contribution in [3.8, 4) is 0 Å². The maximum Gasteiger partial charge on any atom is 0.211 e. The average Bonchev–Trinajstić information content (AvgIpc) is 1.51. The third-order valence-electron chi connectivity index (χ3n) is 1.89. The molecule has 1 aliphatic rings. The molecule has 4 nitrogen and oxygen atoms in total. The van der Waals surface area contributed by atoms with Gasteiger partial charge in [-0.15, -0.1) is 0 Å². The first-order valence-corrected chi connectivity index (χ1v) is 5.21. The Balaban J connectivity index is 2.48. The van der Waals surface area contributed by atoms with Crippen LogP contribution in [0.1, 0.15) is 6.92 Å². The third kappa shape index (κ3) is 1.78. The summed E-state index contributed by atoms with van der Waals surface area (Å²) in [6, 6.07) is 0. The number of ketones is 1. The third-order valence-corrected chi connectivity index (χ3v) is 3.13. The van der Waals surface area contributed by atoms with Crippen LogP contribution in [0.15, 0.2) is 0 Å². The Kier molecular flexibility index (Phi) is 2.02. The fourth-order valence-electron chi connectivity index (χ4n) is 0.966. The van der Waals surface area contributed by atoms with E-state index in [9.17, 15) is 13.2 Å². The number of nitrogens with zero attached hydrogens (tertiary/aromatic N) is 1. The molecule has 0 N–H and O–H groups in total. The summed E-state index contributed by atoms with van der Waals surface area (Å²) in [7, 11) is -3.05. The van der Waals surface area contributed by atoms with E-state index in [1.165, 1.54) is 11.2 Å². The summed E-state index contributed by atoms with van der Waals surface area (Å²) in [4.78, 5) is 10.7. The van der Waals surface area contributed by atoms with E-state index in [1.54, 1.807) is 0 Å². The number of rotatable bonds is 2. The van der Waals surface area contributed by atoms with Crippen LogP contribution >= 0.6 is 0 Å². The predicted octanol–water partition coefficient (Wildman–Crippen LogP) is -0.533. The zero-order chi connectivity index (χ0) is 8.65. The normalized spacial score (nSPS) is 21.3. The lowest BCUT2D eigenvalue weighted by atomic mass is 9.99. The quantitative estimate of drug-likeness (QED) is 0.569. The van der Waals surface area contributed by atoms with Crippen molar-refractivity contribution < 1.29 is 13.2 Å². The lowest BCUT2D eigenvalue weighted by Gasteiger charge is -2.35. The van der Waals surface area contributed by atoms with Crippen LogP contribution in [0.3, 0.4) is 0 Å². The van der Waals surface area contributed by atoms with Gasteiger partial charge in [0, 0.05) is 19.0 Å². The second-order valence-corrected chi connectivity index (χ2v) is 4.87. The fourth-order valence-corrected chi connectivity index (χ4v) is 1.87. The number of hydrogen-bond acceptors (Lipinski definition) is 3. The number of carbonyl (C=O) groups is 1. The number of carbonyl (C=O) groups excluding carboxylic acids is 1. The lowest BCUT2D eigenvalue weighted by molar-refractivity contribution is -0.123. The Labute approximate surface area is 66.2 Å². The molecule has 64 valence electrons. The van der Waals surface area contributed by atoms with E-state index >= 15 is 0 Å². The van der Waals surface area contributed by atoms with Gasteiger partial charge in [0.2, 0.25) is 10.0 Å². The second kappa shape index (κ2) is 2.57. The Hall–Kier alpha value is -0.420. The minimum Gasteiger partial charge on any atom is -0.300 e. The standard InChI is InChI=1S/C6H11NO3S/c1-5(8)6-3-7(4-6)11(2,9)10/h6H,3-4H2,1-2H3. The van der Waals surface area contributed by atoms with Gasteiger partial charge in [-0.2, -0.15) is 0 Å². The molecule has 0 aliphatic carbocycles. The van der Waals surface area contributed by atoms with Crippen LogP contribution in [-0.2, 0) is 14.8 Å². The fraction of sp³-hybridized carbons (Fsp3) is 0.833. The van der Waals surface area contributed by atoms with Crippen LogP contribution in [-0.4, -0.2) is 37.9 Å². The highest BCUT2D eigenvalue weighted by Gasteiger charge is 2.35. The van der Waals surface area contributed by atoms with E-state index < -0.39 is 10.0 Å². The van der Waals surface area contributed by atoms with Crippen molar-refractivity contribution in [2.45, 2.75) is 6.92 Å². The molecule has 1 aliphatic heterocycles. The highest BCUT2D eigenvalue weighted by Crippen LogP contribution is 2.18. The minimum atomic E-state index is -3.05. The minimum absolute atomic E-state index is 0.0651. The van der Waals surface area contributed by atoms with Crippen LogP contribution in [0.4, 0.5) is 0 Å². The predicted molar refractivity (Wildman–Crippen MR) is 40.6 cm³/mol. The van der Waals surface area contributed by atoms with Gasteiger partial charge in [0.25, 0.3) is 0 Å². The van der Waals surface area contributed by atoms with Crippen molar-refractivity contribution in [3.05, 3.63) is 0 Å². The molecule has 0 aromatic heterocycles. The molecular formula is C6H11NO3S. The molecule has 0 aromatic rings. The van der Waals surface area contributed by atoms with Gasteiger partial charge in [0.05, 0.1) is 6.26 Å². The van der Waals surface area contributed by atoms with Crippen LogP contribution < -0.4 is 0 Å². The molecule has 0 bridgehead atoms. The Bertz CT molecular complexity index is 264. The van der Waals surface area contributed by atoms with E-state index in [2.05, 4.69) is 0 Å². The van der Waals surface area contributed by atoms with Gasteiger partial charge in [-0.05, 0) is 6.92 Å². The summed E-state index contributed by atoms with van der Waals surface area (Å²) in [5, 5.41) is 0. The van der Waals surface area contributed by atoms with Gasteiger partial charge >= 0.3 is 0 Å². The van der Waals surface area contributed by atoms with Crippen LogP contribution in [0, 0.1) is 5.92 Å². The Morgan fingerprint density at radius 2 is 1.91 bits per heavy atom. The summed E-state index contributed by atoms with van der Waals surface area (Å²) < 4.78 is 22.9. The van der Waals surface area contributed by atoms with E-state index in [1.807, 2.05) is 0 Å². The summed E-state index contributed by atoms with van der Waals surface area (Å²) in [5.41, 5.74) is 0. The van der Waals surface area contributed by atoms with Crippen molar-refractivity contribution in [2.24, 2.45) is 5.92 Å². The SMILES string of the molecule is CC(=O)C1CN(S(C)(=O)=O)C1. The van der Waals surface area contributed by atoms with E-state index in [4.69, 9.17) is 0 Å². The van der Waals surface area contributed by atoms with Gasteiger partial charge < -0.3 is 0 Å². The molecule has 0 unspecified atom stereocenters. The zero-order valence-corrected chi connectivity index (χ0v) is 7.39. The van der Waals surface area contributed by atoms with Crippen LogP contribution in [0.5, 0.6) is 0 Å². The molecule has 1 saturated heterocycles.